The standard InChI is InChI=1S/C13H16F2N4O3/c1-19-7-9(5-11(19)20)18-13(21)17-6-8-2-3-16-10(4-8)22-12(14)15/h2-4,9,12H,5-7H2,1H3,(H2,17,18,21)/t9-/m0/s1. The number of hydrogen-bond acceptors (Lipinski definition) is 4. The molecular formula is C13H16F2N4O3. The summed E-state index contributed by atoms with van der Waals surface area (Å²) >= 11 is 0. The third kappa shape index (κ3) is 4.54. The van der Waals surface area contributed by atoms with Gasteiger partial charge in [0, 0.05) is 38.8 Å². The molecule has 120 valence electrons. The van der Waals surface area contributed by atoms with Crippen LogP contribution in [0, 0.1) is 0 Å². The number of pyridine rings is 1. The first kappa shape index (κ1) is 15.9. The van der Waals surface area contributed by atoms with E-state index in [1.54, 1.807) is 18.0 Å². The SMILES string of the molecule is CN1C[C@@H](NC(=O)NCc2ccnc(OC(F)F)c2)CC1=O. The van der Waals surface area contributed by atoms with Crippen LogP contribution in [0.3, 0.4) is 0 Å². The van der Waals surface area contributed by atoms with E-state index in [-0.39, 0.29) is 30.8 Å². The molecule has 1 aromatic heterocycles. The number of hydrogen-bond donors (Lipinski definition) is 2. The van der Waals surface area contributed by atoms with Gasteiger partial charge in [-0.25, -0.2) is 9.78 Å². The van der Waals surface area contributed by atoms with Crippen molar-refractivity contribution in [1.82, 2.24) is 20.5 Å². The van der Waals surface area contributed by atoms with Gasteiger partial charge >= 0.3 is 12.6 Å². The van der Waals surface area contributed by atoms with Gasteiger partial charge in [-0.2, -0.15) is 8.78 Å². The number of alkyl halides is 2. The summed E-state index contributed by atoms with van der Waals surface area (Å²) in [6.45, 7) is -2.35. The second-order valence-electron chi connectivity index (χ2n) is 4.88. The van der Waals surface area contributed by atoms with Gasteiger partial charge in [0.2, 0.25) is 11.8 Å². The summed E-state index contributed by atoms with van der Waals surface area (Å²) < 4.78 is 28.3. The molecule has 1 aromatic rings. The average Bonchev–Trinajstić information content (AvgIpc) is 2.74. The molecule has 7 nitrogen and oxygen atoms in total. The van der Waals surface area contributed by atoms with Crippen LogP contribution in [0.1, 0.15) is 12.0 Å². The summed E-state index contributed by atoms with van der Waals surface area (Å²) in [5, 5.41) is 5.26. The van der Waals surface area contributed by atoms with Crippen LogP contribution in [0.2, 0.25) is 0 Å². The van der Waals surface area contributed by atoms with Crippen LogP contribution in [0.25, 0.3) is 0 Å². The highest BCUT2D eigenvalue weighted by atomic mass is 19.3. The monoisotopic (exact) mass is 314 g/mol. The lowest BCUT2D eigenvalue weighted by Crippen LogP contribution is -2.42. The van der Waals surface area contributed by atoms with Crippen molar-refractivity contribution >= 4 is 11.9 Å². The molecular weight excluding hydrogens is 298 g/mol. The summed E-state index contributed by atoms with van der Waals surface area (Å²) in [5.74, 6) is -0.231. The predicted octanol–water partition coefficient (Wildman–Crippen LogP) is 0.713. The number of nitrogens with one attached hydrogen (secondary N) is 2. The van der Waals surface area contributed by atoms with Crippen molar-refractivity contribution in [2.45, 2.75) is 25.6 Å². The quantitative estimate of drug-likeness (QED) is 0.838. The first-order valence-corrected chi connectivity index (χ1v) is 6.62. The molecule has 2 heterocycles. The number of nitrogens with zero attached hydrogens (tertiary/aromatic N) is 2. The molecule has 3 amide bonds. The highest BCUT2D eigenvalue weighted by Gasteiger charge is 2.27. The Morgan fingerprint density at radius 2 is 2.36 bits per heavy atom. The largest absolute Gasteiger partial charge is 0.417 e. The van der Waals surface area contributed by atoms with E-state index in [2.05, 4.69) is 20.4 Å². The third-order valence-electron chi connectivity index (χ3n) is 3.14. The lowest BCUT2D eigenvalue weighted by atomic mass is 10.2. The number of carbonyl (C=O) groups is 2. The predicted molar refractivity (Wildman–Crippen MR) is 72.3 cm³/mol. The van der Waals surface area contributed by atoms with Gasteiger partial charge < -0.3 is 20.3 Å². The lowest BCUT2D eigenvalue weighted by Gasteiger charge is -2.13. The van der Waals surface area contributed by atoms with E-state index in [9.17, 15) is 18.4 Å². The summed E-state index contributed by atoms with van der Waals surface area (Å²) in [6, 6.07) is 2.24. The van der Waals surface area contributed by atoms with E-state index in [0.29, 0.717) is 12.1 Å². The molecule has 9 heteroatoms. The second kappa shape index (κ2) is 7.01. The Morgan fingerprint density at radius 1 is 1.59 bits per heavy atom. The number of ether oxygens (including phenoxy) is 1. The van der Waals surface area contributed by atoms with Crippen molar-refractivity contribution in [3.63, 3.8) is 0 Å². The second-order valence-corrected chi connectivity index (χ2v) is 4.88. The number of rotatable bonds is 5. The zero-order valence-corrected chi connectivity index (χ0v) is 11.9. The lowest BCUT2D eigenvalue weighted by molar-refractivity contribution is -0.126. The van der Waals surface area contributed by atoms with Gasteiger partial charge in [-0.3, -0.25) is 4.79 Å². The zero-order chi connectivity index (χ0) is 16.1. The van der Waals surface area contributed by atoms with Crippen molar-refractivity contribution in [3.8, 4) is 5.88 Å². The molecule has 1 aliphatic rings. The molecule has 0 saturated carbocycles. The van der Waals surface area contributed by atoms with Crippen LogP contribution < -0.4 is 15.4 Å². The maximum atomic E-state index is 12.1. The molecule has 1 fully saturated rings. The first-order valence-electron chi connectivity index (χ1n) is 6.62. The highest BCUT2D eigenvalue weighted by Crippen LogP contribution is 2.12. The van der Waals surface area contributed by atoms with Gasteiger partial charge in [-0.05, 0) is 11.6 Å². The Kier molecular flexibility index (Phi) is 5.08. The maximum Gasteiger partial charge on any atom is 0.388 e. The molecule has 22 heavy (non-hydrogen) atoms. The van der Waals surface area contributed by atoms with E-state index in [4.69, 9.17) is 0 Å². The Labute approximate surface area is 125 Å². The molecule has 1 aliphatic heterocycles. The number of urea groups is 1. The van der Waals surface area contributed by atoms with Crippen LogP contribution in [0.15, 0.2) is 18.3 Å². The molecule has 0 unspecified atom stereocenters. The smallest absolute Gasteiger partial charge is 0.388 e. The first-order chi connectivity index (χ1) is 10.4. The molecule has 2 rings (SSSR count). The van der Waals surface area contributed by atoms with E-state index < -0.39 is 12.6 Å². The van der Waals surface area contributed by atoms with Gasteiger partial charge in [0.25, 0.3) is 0 Å². The average molecular weight is 314 g/mol. The molecule has 0 radical (unpaired) electrons. The molecule has 0 aromatic carbocycles. The number of likely N-dealkylation sites (tertiary alicyclic amines) is 1. The Balaban J connectivity index is 1.80. The van der Waals surface area contributed by atoms with Crippen LogP contribution in [-0.2, 0) is 11.3 Å². The van der Waals surface area contributed by atoms with Gasteiger partial charge in [0.1, 0.15) is 0 Å². The summed E-state index contributed by atoms with van der Waals surface area (Å²) in [5.41, 5.74) is 0.570. The minimum absolute atomic E-state index is 0.0202. The summed E-state index contributed by atoms with van der Waals surface area (Å²) in [7, 11) is 1.67. The van der Waals surface area contributed by atoms with Crippen molar-refractivity contribution in [1.29, 1.82) is 0 Å². The van der Waals surface area contributed by atoms with Crippen molar-refractivity contribution in [3.05, 3.63) is 23.9 Å². The number of amides is 3. The normalized spacial score (nSPS) is 17.7. The topological polar surface area (TPSA) is 83.6 Å². The van der Waals surface area contributed by atoms with Crippen LogP contribution >= 0.6 is 0 Å². The fourth-order valence-corrected chi connectivity index (χ4v) is 2.10. The third-order valence-corrected chi connectivity index (χ3v) is 3.14. The van der Waals surface area contributed by atoms with E-state index in [1.807, 2.05) is 0 Å². The minimum atomic E-state index is -2.95. The van der Waals surface area contributed by atoms with Crippen LogP contribution in [0.5, 0.6) is 5.88 Å². The zero-order valence-electron chi connectivity index (χ0n) is 11.9. The van der Waals surface area contributed by atoms with Crippen LogP contribution in [0.4, 0.5) is 13.6 Å². The Bertz CT molecular complexity index is 556. The number of carbonyl (C=O) groups excluding carboxylic acids is 2. The highest BCUT2D eigenvalue weighted by molar-refractivity contribution is 5.81. The molecule has 1 atom stereocenters. The molecule has 1 saturated heterocycles. The molecule has 0 aliphatic carbocycles. The Hall–Kier alpha value is -2.45. The van der Waals surface area contributed by atoms with Crippen molar-refractivity contribution < 1.29 is 23.1 Å². The van der Waals surface area contributed by atoms with Gasteiger partial charge in [-0.15, -0.1) is 0 Å². The van der Waals surface area contributed by atoms with Gasteiger partial charge in [0.05, 0.1) is 6.04 Å². The molecule has 2 N–H and O–H groups in total. The summed E-state index contributed by atoms with van der Waals surface area (Å²) in [6.07, 6.45) is 1.59. The molecule has 0 spiro atoms. The maximum absolute atomic E-state index is 12.1. The summed E-state index contributed by atoms with van der Waals surface area (Å²) in [4.78, 5) is 28.2. The van der Waals surface area contributed by atoms with Gasteiger partial charge in [0.15, 0.2) is 0 Å². The molecule has 0 bridgehead atoms. The number of likely N-dealkylation sites (N-methyl/N-ethyl adjacent to an activating group) is 1. The number of aromatic nitrogens is 1. The van der Waals surface area contributed by atoms with E-state index in [0.717, 1.165) is 0 Å². The van der Waals surface area contributed by atoms with E-state index >= 15 is 0 Å². The van der Waals surface area contributed by atoms with Crippen molar-refractivity contribution in [2.75, 3.05) is 13.6 Å². The minimum Gasteiger partial charge on any atom is -0.417 e. The fourth-order valence-electron chi connectivity index (χ4n) is 2.10. The van der Waals surface area contributed by atoms with E-state index in [1.165, 1.54) is 12.3 Å². The fraction of sp³-hybridized carbons (Fsp3) is 0.462. The van der Waals surface area contributed by atoms with Gasteiger partial charge in [-0.1, -0.05) is 0 Å². The van der Waals surface area contributed by atoms with Crippen LogP contribution in [-0.4, -0.2) is 48.1 Å². The van der Waals surface area contributed by atoms with Crippen molar-refractivity contribution in [2.24, 2.45) is 0 Å². The number of halogens is 2. The Morgan fingerprint density at radius 3 is 3.00 bits per heavy atom.